The highest BCUT2D eigenvalue weighted by Gasteiger charge is 1.98. The van der Waals surface area contributed by atoms with Crippen LogP contribution in [0.4, 0.5) is 0 Å². The van der Waals surface area contributed by atoms with Crippen molar-refractivity contribution in [3.8, 4) is 0 Å². The lowest BCUT2D eigenvalue weighted by Gasteiger charge is -2.03. The summed E-state index contributed by atoms with van der Waals surface area (Å²) in [6.45, 7) is 2.32. The van der Waals surface area contributed by atoms with E-state index in [2.05, 4.69) is 0 Å². The Morgan fingerprint density at radius 3 is 2.62 bits per heavy atom. The SMILES string of the molecule is COCCOCCS(=O)CCCN. The molecular formula is C8H19NO3S. The molecule has 2 N–H and O–H groups in total. The first-order valence-electron chi connectivity index (χ1n) is 4.43. The van der Waals surface area contributed by atoms with Crippen molar-refractivity contribution in [2.24, 2.45) is 5.73 Å². The summed E-state index contributed by atoms with van der Waals surface area (Å²) in [5, 5.41) is 0. The minimum Gasteiger partial charge on any atom is -0.382 e. The van der Waals surface area contributed by atoms with Crippen molar-refractivity contribution in [1.29, 1.82) is 0 Å². The topological polar surface area (TPSA) is 61.5 Å². The fourth-order valence-electron chi connectivity index (χ4n) is 0.743. The van der Waals surface area contributed by atoms with Gasteiger partial charge in [-0.1, -0.05) is 0 Å². The van der Waals surface area contributed by atoms with E-state index in [1.165, 1.54) is 0 Å². The number of hydrogen-bond acceptors (Lipinski definition) is 4. The van der Waals surface area contributed by atoms with E-state index >= 15 is 0 Å². The smallest absolute Gasteiger partial charge is 0.0700 e. The summed E-state index contributed by atoms with van der Waals surface area (Å²) in [7, 11) is 0.857. The lowest BCUT2D eigenvalue weighted by Crippen LogP contribution is -2.13. The molecule has 0 saturated heterocycles. The van der Waals surface area contributed by atoms with Crippen LogP contribution < -0.4 is 5.73 Å². The van der Waals surface area contributed by atoms with Gasteiger partial charge in [0.25, 0.3) is 0 Å². The highest BCUT2D eigenvalue weighted by Crippen LogP contribution is 1.87. The summed E-state index contributed by atoms with van der Waals surface area (Å²) in [6, 6.07) is 0. The largest absolute Gasteiger partial charge is 0.382 e. The van der Waals surface area contributed by atoms with Crippen molar-refractivity contribution in [2.45, 2.75) is 6.42 Å². The predicted molar refractivity (Wildman–Crippen MR) is 54.2 cm³/mol. The van der Waals surface area contributed by atoms with Gasteiger partial charge in [0, 0.05) is 29.4 Å². The van der Waals surface area contributed by atoms with Gasteiger partial charge in [-0.3, -0.25) is 4.21 Å². The molecule has 0 aliphatic carbocycles. The average molecular weight is 209 g/mol. The van der Waals surface area contributed by atoms with Crippen LogP contribution in [0.5, 0.6) is 0 Å². The van der Waals surface area contributed by atoms with Crippen molar-refractivity contribution >= 4 is 10.8 Å². The Kier molecular flexibility index (Phi) is 10.1. The zero-order valence-electron chi connectivity index (χ0n) is 8.16. The summed E-state index contributed by atoms with van der Waals surface area (Å²) in [4.78, 5) is 0. The van der Waals surface area contributed by atoms with Gasteiger partial charge >= 0.3 is 0 Å². The maximum absolute atomic E-state index is 11.2. The van der Waals surface area contributed by atoms with E-state index in [0.717, 1.165) is 6.42 Å². The maximum Gasteiger partial charge on any atom is 0.0700 e. The van der Waals surface area contributed by atoms with Gasteiger partial charge in [-0.05, 0) is 13.0 Å². The molecule has 0 aromatic rings. The second-order valence-electron chi connectivity index (χ2n) is 2.60. The normalized spacial score (nSPS) is 13.1. The predicted octanol–water partition coefficient (Wildman–Crippen LogP) is -0.253. The Bertz CT molecular complexity index is 133. The zero-order valence-corrected chi connectivity index (χ0v) is 8.98. The van der Waals surface area contributed by atoms with E-state index in [9.17, 15) is 4.21 Å². The van der Waals surface area contributed by atoms with Gasteiger partial charge in [-0.25, -0.2) is 0 Å². The third-order valence-corrected chi connectivity index (χ3v) is 2.83. The minimum atomic E-state index is -0.771. The monoisotopic (exact) mass is 209 g/mol. The molecule has 0 aliphatic rings. The molecule has 0 aromatic heterocycles. The molecule has 0 saturated carbocycles. The first-order valence-corrected chi connectivity index (χ1v) is 5.91. The van der Waals surface area contributed by atoms with Crippen LogP contribution in [0, 0.1) is 0 Å². The quantitative estimate of drug-likeness (QED) is 0.532. The Labute approximate surface area is 82.2 Å². The Morgan fingerprint density at radius 2 is 2.00 bits per heavy atom. The first kappa shape index (κ1) is 13.0. The fraction of sp³-hybridized carbons (Fsp3) is 1.00. The molecule has 0 bridgehead atoms. The molecule has 1 unspecified atom stereocenters. The van der Waals surface area contributed by atoms with Gasteiger partial charge in [0.1, 0.15) is 0 Å². The van der Waals surface area contributed by atoms with E-state index in [-0.39, 0.29) is 0 Å². The minimum absolute atomic E-state index is 0.542. The molecule has 4 nitrogen and oxygen atoms in total. The van der Waals surface area contributed by atoms with Gasteiger partial charge in [-0.15, -0.1) is 0 Å². The zero-order chi connectivity index (χ0) is 9.94. The molecule has 13 heavy (non-hydrogen) atoms. The fourth-order valence-corrected chi connectivity index (χ4v) is 1.74. The highest BCUT2D eigenvalue weighted by molar-refractivity contribution is 7.84. The molecule has 5 heteroatoms. The second kappa shape index (κ2) is 10.1. The number of nitrogens with two attached hydrogens (primary N) is 1. The number of ether oxygens (including phenoxy) is 2. The van der Waals surface area contributed by atoms with Gasteiger partial charge in [0.2, 0.25) is 0 Å². The van der Waals surface area contributed by atoms with Crippen LogP contribution in [0.25, 0.3) is 0 Å². The molecule has 0 spiro atoms. The van der Waals surface area contributed by atoms with Crippen molar-refractivity contribution in [2.75, 3.05) is 45.0 Å². The molecule has 1 atom stereocenters. The molecule has 0 amide bonds. The van der Waals surface area contributed by atoms with Gasteiger partial charge in [0.15, 0.2) is 0 Å². The van der Waals surface area contributed by atoms with Crippen molar-refractivity contribution in [3.63, 3.8) is 0 Å². The van der Waals surface area contributed by atoms with Crippen LogP contribution in [-0.4, -0.2) is 49.2 Å². The van der Waals surface area contributed by atoms with E-state index in [1.807, 2.05) is 0 Å². The number of rotatable bonds is 9. The highest BCUT2D eigenvalue weighted by atomic mass is 32.2. The molecule has 0 rings (SSSR count). The number of hydrogen-bond donors (Lipinski definition) is 1. The van der Waals surface area contributed by atoms with Crippen LogP contribution in [0.15, 0.2) is 0 Å². The molecule has 0 radical (unpaired) electrons. The van der Waals surface area contributed by atoms with E-state index in [4.69, 9.17) is 15.2 Å². The standard InChI is InChI=1S/C8H19NO3S/c1-11-4-5-12-6-8-13(10)7-2-3-9/h2-9H2,1H3. The maximum atomic E-state index is 11.2. The summed E-state index contributed by atoms with van der Waals surface area (Å²) in [5.41, 5.74) is 5.29. The third kappa shape index (κ3) is 9.95. The third-order valence-electron chi connectivity index (χ3n) is 1.46. The first-order chi connectivity index (χ1) is 6.31. The summed E-state index contributed by atoms with van der Waals surface area (Å²) < 4.78 is 21.2. The summed E-state index contributed by atoms with van der Waals surface area (Å²) >= 11 is 0. The molecule has 0 aliphatic heterocycles. The number of methoxy groups -OCH3 is 1. The van der Waals surface area contributed by atoms with E-state index in [0.29, 0.717) is 37.9 Å². The van der Waals surface area contributed by atoms with Crippen LogP contribution >= 0.6 is 0 Å². The Morgan fingerprint density at radius 1 is 1.23 bits per heavy atom. The Hall–Kier alpha value is 0.0300. The Balaban J connectivity index is 3.08. The summed E-state index contributed by atoms with van der Waals surface area (Å²) in [6.07, 6.45) is 0.824. The van der Waals surface area contributed by atoms with Gasteiger partial charge < -0.3 is 15.2 Å². The second-order valence-corrected chi connectivity index (χ2v) is 4.29. The molecule has 0 fully saturated rings. The van der Waals surface area contributed by atoms with Crippen molar-refractivity contribution in [3.05, 3.63) is 0 Å². The lowest BCUT2D eigenvalue weighted by molar-refractivity contribution is 0.0787. The average Bonchev–Trinajstić information content (AvgIpc) is 2.14. The van der Waals surface area contributed by atoms with Crippen LogP contribution in [0.2, 0.25) is 0 Å². The molecule has 0 heterocycles. The molecular weight excluding hydrogens is 190 g/mol. The van der Waals surface area contributed by atoms with Gasteiger partial charge in [-0.2, -0.15) is 0 Å². The van der Waals surface area contributed by atoms with Gasteiger partial charge in [0.05, 0.1) is 19.8 Å². The van der Waals surface area contributed by atoms with Crippen LogP contribution in [0.3, 0.4) is 0 Å². The van der Waals surface area contributed by atoms with E-state index in [1.54, 1.807) is 7.11 Å². The van der Waals surface area contributed by atoms with Crippen molar-refractivity contribution in [1.82, 2.24) is 0 Å². The van der Waals surface area contributed by atoms with E-state index < -0.39 is 10.8 Å². The van der Waals surface area contributed by atoms with Crippen LogP contribution in [0.1, 0.15) is 6.42 Å². The molecule has 0 aromatic carbocycles. The lowest BCUT2D eigenvalue weighted by atomic mass is 10.5. The summed E-state index contributed by atoms with van der Waals surface area (Å²) in [5.74, 6) is 1.29. The van der Waals surface area contributed by atoms with Crippen molar-refractivity contribution < 1.29 is 13.7 Å². The van der Waals surface area contributed by atoms with Crippen LogP contribution in [-0.2, 0) is 20.3 Å². The molecule has 80 valence electrons.